The summed E-state index contributed by atoms with van der Waals surface area (Å²) in [6, 6.07) is 7.42. The fraction of sp³-hybridized carbons (Fsp3) is 0. The first-order chi connectivity index (χ1) is 5.00. The Hall–Kier alpha value is -0.817. The normalized spacial score (nSPS) is 5.33. The van der Waals surface area contributed by atoms with Gasteiger partial charge in [-0.25, -0.2) is 0 Å². The van der Waals surface area contributed by atoms with E-state index >= 15 is 0 Å². The fourth-order valence-corrected chi connectivity index (χ4v) is 0.481. The Kier molecular flexibility index (Phi) is 45.2. The first-order valence-corrected chi connectivity index (χ1v) is 2.99. The van der Waals surface area contributed by atoms with Crippen LogP contribution in [-0.2, 0) is 19.5 Å². The minimum atomic E-state index is 0. The van der Waals surface area contributed by atoms with Crippen LogP contribution in [0.25, 0.3) is 0 Å². The molecule has 0 radical (unpaired) electrons. The third kappa shape index (κ3) is 19.6. The van der Waals surface area contributed by atoms with Gasteiger partial charge in [-0.2, -0.15) is 36.7 Å². The molecule has 0 amide bonds. The van der Waals surface area contributed by atoms with Gasteiger partial charge in [-0.05, 0) is 0 Å². The Labute approximate surface area is 108 Å². The summed E-state index contributed by atoms with van der Waals surface area (Å²) in [6.45, 7) is 0. The average molecular weight is 293 g/mol. The zero-order valence-corrected chi connectivity index (χ0v) is 11.6. The number of rotatable bonds is 0. The summed E-state index contributed by atoms with van der Waals surface area (Å²) in [5, 5.41) is 0. The Bertz CT molecular complexity index is 153. The Morgan fingerprint density at radius 2 is 1.00 bits per heavy atom. The maximum atomic E-state index is 2.74. The van der Waals surface area contributed by atoms with Crippen molar-refractivity contribution in [1.82, 2.24) is 9.97 Å². The molecule has 0 bridgehead atoms. The van der Waals surface area contributed by atoms with E-state index in [9.17, 15) is 0 Å². The van der Waals surface area contributed by atoms with Crippen LogP contribution in [0.2, 0.25) is 0 Å². The van der Waals surface area contributed by atoms with E-state index in [-0.39, 0.29) is 49.2 Å². The van der Waals surface area contributed by atoms with Crippen molar-refractivity contribution < 1.29 is 19.5 Å². The van der Waals surface area contributed by atoms with Crippen LogP contribution in [0, 0.1) is 42.1 Å². The molecule has 2 heterocycles. The third-order valence-corrected chi connectivity index (χ3v) is 0.885. The summed E-state index contributed by atoms with van der Waals surface area (Å²) in [7, 11) is 0. The molecule has 3 heteroatoms. The first kappa shape index (κ1) is 29.2. The SMILES string of the molecule is [CH3-].[CH3-].[CH3-].[CH3-].[Ru+6].[c-]1ccc[nH]1.[c-]1ccc[nH]1. The maximum Gasteiger partial charge on any atom is 6.00 e. The predicted octanol–water partition coefficient (Wildman–Crippen LogP) is 3.43. The van der Waals surface area contributed by atoms with Gasteiger partial charge in [0.2, 0.25) is 0 Å². The average Bonchev–Trinajstić information content (AvgIpc) is 2.67. The number of aromatic nitrogens is 2. The number of hydrogen-bond donors (Lipinski definition) is 2. The van der Waals surface area contributed by atoms with Gasteiger partial charge < -0.3 is 39.7 Å². The molecular formula is C12H20N2Ru. The van der Waals surface area contributed by atoms with Crippen LogP contribution in [0.3, 0.4) is 0 Å². The van der Waals surface area contributed by atoms with E-state index in [1.54, 1.807) is 0 Å². The van der Waals surface area contributed by atoms with E-state index in [1.165, 1.54) is 0 Å². The summed E-state index contributed by atoms with van der Waals surface area (Å²) < 4.78 is 0. The van der Waals surface area contributed by atoms with Gasteiger partial charge in [0, 0.05) is 0 Å². The molecule has 0 aromatic carbocycles. The van der Waals surface area contributed by atoms with E-state index < -0.39 is 0 Å². The molecule has 0 saturated carbocycles. The van der Waals surface area contributed by atoms with E-state index in [0.29, 0.717) is 0 Å². The smallest absolute Gasteiger partial charge is 0.484 e. The molecule has 2 nitrogen and oxygen atoms in total. The van der Waals surface area contributed by atoms with Gasteiger partial charge in [0.1, 0.15) is 0 Å². The zero-order chi connectivity index (χ0) is 7.07. The largest absolute Gasteiger partial charge is 6.00 e. The zero-order valence-electron chi connectivity index (χ0n) is 9.82. The molecule has 0 fully saturated rings. The number of nitrogens with one attached hydrogen (secondary N) is 2. The van der Waals surface area contributed by atoms with Crippen molar-refractivity contribution >= 4 is 0 Å². The van der Waals surface area contributed by atoms with Gasteiger partial charge in [0.05, 0.1) is 0 Å². The van der Waals surface area contributed by atoms with Crippen molar-refractivity contribution in [2.45, 2.75) is 0 Å². The summed E-state index contributed by atoms with van der Waals surface area (Å²) in [5.74, 6) is 0. The molecule has 0 spiro atoms. The minimum absolute atomic E-state index is 0. The Morgan fingerprint density at radius 1 is 0.667 bits per heavy atom. The summed E-state index contributed by atoms with van der Waals surface area (Å²) in [5.41, 5.74) is 0. The van der Waals surface area contributed by atoms with Gasteiger partial charge in [-0.3, -0.25) is 0 Å². The number of H-pyrrole nitrogens is 2. The Morgan fingerprint density at radius 3 is 1.07 bits per heavy atom. The van der Waals surface area contributed by atoms with Gasteiger partial charge in [-0.15, -0.1) is 12.4 Å². The van der Waals surface area contributed by atoms with Crippen molar-refractivity contribution in [3.8, 4) is 0 Å². The molecule has 0 unspecified atom stereocenters. The van der Waals surface area contributed by atoms with Crippen LogP contribution in [0.5, 0.6) is 0 Å². The number of hydrogen-bond acceptors (Lipinski definition) is 0. The minimum Gasteiger partial charge on any atom is -0.484 e. The van der Waals surface area contributed by atoms with E-state index in [1.807, 2.05) is 36.7 Å². The fourth-order valence-electron chi connectivity index (χ4n) is 0.481. The molecule has 0 aliphatic heterocycles. The topological polar surface area (TPSA) is 31.6 Å². The second kappa shape index (κ2) is 23.2. The van der Waals surface area contributed by atoms with Crippen LogP contribution in [0.1, 0.15) is 0 Å². The molecule has 0 saturated heterocycles. The summed E-state index contributed by atoms with van der Waals surface area (Å²) >= 11 is 0. The molecular weight excluding hydrogens is 273 g/mol. The van der Waals surface area contributed by atoms with E-state index in [4.69, 9.17) is 0 Å². The van der Waals surface area contributed by atoms with Crippen LogP contribution in [0.15, 0.2) is 36.7 Å². The molecule has 0 atom stereocenters. The van der Waals surface area contributed by atoms with Gasteiger partial charge in [0.15, 0.2) is 0 Å². The standard InChI is InChI=1S/2C4H4N.4CH3.Ru/c2*1-2-4-5-3-1;;;;;/h2*1-3,5H;4*1H3;/q6*-1;+6. The Balaban J connectivity index is -0.0000000333. The number of aromatic amines is 2. The molecule has 2 aromatic heterocycles. The molecule has 2 aromatic rings. The molecule has 15 heavy (non-hydrogen) atoms. The van der Waals surface area contributed by atoms with Gasteiger partial charge in [-0.1, -0.05) is 0 Å². The molecule has 0 aliphatic carbocycles. The second-order valence-corrected chi connectivity index (χ2v) is 1.63. The molecule has 2 rings (SSSR count). The van der Waals surface area contributed by atoms with Crippen molar-refractivity contribution in [3.05, 3.63) is 78.8 Å². The quantitative estimate of drug-likeness (QED) is 0.551. The molecule has 86 valence electrons. The van der Waals surface area contributed by atoms with E-state index in [0.717, 1.165) is 0 Å². The van der Waals surface area contributed by atoms with Crippen LogP contribution in [0.4, 0.5) is 0 Å². The maximum absolute atomic E-state index is 2.74. The van der Waals surface area contributed by atoms with Crippen LogP contribution in [-0.4, -0.2) is 9.97 Å². The monoisotopic (exact) mass is 294 g/mol. The summed E-state index contributed by atoms with van der Waals surface area (Å²) in [6.07, 6.45) is 9.11. The van der Waals surface area contributed by atoms with Crippen molar-refractivity contribution in [1.29, 1.82) is 0 Å². The van der Waals surface area contributed by atoms with Crippen LogP contribution >= 0.6 is 0 Å². The second-order valence-electron chi connectivity index (χ2n) is 1.63. The molecule has 0 aliphatic rings. The van der Waals surface area contributed by atoms with Crippen molar-refractivity contribution in [2.24, 2.45) is 0 Å². The van der Waals surface area contributed by atoms with Gasteiger partial charge >= 0.3 is 19.5 Å². The van der Waals surface area contributed by atoms with Crippen molar-refractivity contribution in [3.63, 3.8) is 0 Å². The summed E-state index contributed by atoms with van der Waals surface area (Å²) in [4.78, 5) is 5.47. The predicted molar refractivity (Wildman–Crippen MR) is 64.9 cm³/mol. The van der Waals surface area contributed by atoms with Crippen LogP contribution < -0.4 is 0 Å². The van der Waals surface area contributed by atoms with E-state index in [2.05, 4.69) is 22.4 Å². The molecule has 2 N–H and O–H groups in total. The van der Waals surface area contributed by atoms with Gasteiger partial charge in [0.25, 0.3) is 0 Å². The third-order valence-electron chi connectivity index (χ3n) is 0.885. The first-order valence-electron chi connectivity index (χ1n) is 2.99. The van der Waals surface area contributed by atoms with Crippen molar-refractivity contribution in [2.75, 3.05) is 0 Å².